The monoisotopic (exact) mass is 577 g/mol. The van der Waals surface area contributed by atoms with E-state index in [1.807, 2.05) is 29.9 Å². The fourth-order valence-corrected chi connectivity index (χ4v) is 6.22. The second kappa shape index (κ2) is 9.95. The highest BCUT2D eigenvalue weighted by molar-refractivity contribution is 6.36. The standard InChI is InChI=1S/C30H28ClN3O7/c1-15-11-19-24(28(36)30(15)29(37)25-20(38-3)13-21(39-4)26(31)27(25)41-30)18(12-23(35)33-19)16-5-7-17(8-6-16)40-14-22-32-9-10-34(22)2/h5-10,13,15,18H,11-12,14H2,1-4H3,(H,33,35). The first-order valence-electron chi connectivity index (χ1n) is 13.1. The number of allylic oxidation sites excluding steroid dienone is 1. The number of ketones is 2. The predicted octanol–water partition coefficient (Wildman–Crippen LogP) is 4.15. The summed E-state index contributed by atoms with van der Waals surface area (Å²) in [4.78, 5) is 45.6. The summed E-state index contributed by atoms with van der Waals surface area (Å²) in [5.74, 6) is -0.473. The molecule has 2 aromatic carbocycles. The number of aryl methyl sites for hydroxylation is 1. The van der Waals surface area contributed by atoms with Gasteiger partial charge >= 0.3 is 0 Å². The number of ether oxygens (including phenoxy) is 4. The number of nitrogens with zero attached hydrogens (tertiary/aromatic N) is 2. The Kier molecular flexibility index (Phi) is 6.53. The SMILES string of the molecule is COc1cc(OC)c2c(c1Cl)OC1(C(=O)C3=C(CC1C)NC(=O)CC3c1ccc(OCc3nccn3C)cc1)C2=O. The number of benzene rings is 2. The van der Waals surface area contributed by atoms with E-state index in [0.717, 1.165) is 11.4 Å². The smallest absolute Gasteiger partial charge is 0.236 e. The van der Waals surface area contributed by atoms with Gasteiger partial charge in [-0.05, 0) is 24.1 Å². The van der Waals surface area contributed by atoms with Gasteiger partial charge in [0.15, 0.2) is 5.75 Å². The molecule has 3 atom stereocenters. The molecule has 1 N–H and O–H groups in total. The minimum absolute atomic E-state index is 0.0432. The lowest BCUT2D eigenvalue weighted by Crippen LogP contribution is -2.59. The fraction of sp³-hybridized carbons (Fsp3) is 0.333. The van der Waals surface area contributed by atoms with Gasteiger partial charge in [-0.25, -0.2) is 4.98 Å². The number of imidazole rings is 1. The molecule has 3 heterocycles. The van der Waals surface area contributed by atoms with Crippen molar-refractivity contribution in [2.75, 3.05) is 14.2 Å². The predicted molar refractivity (Wildman–Crippen MR) is 148 cm³/mol. The fourth-order valence-electron chi connectivity index (χ4n) is 5.95. The largest absolute Gasteiger partial charge is 0.496 e. The van der Waals surface area contributed by atoms with Gasteiger partial charge in [0.2, 0.25) is 23.1 Å². The Morgan fingerprint density at radius 2 is 1.83 bits per heavy atom. The van der Waals surface area contributed by atoms with Crippen molar-refractivity contribution in [3.8, 4) is 23.0 Å². The quantitative estimate of drug-likeness (QED) is 0.434. The van der Waals surface area contributed by atoms with Gasteiger partial charge in [-0.1, -0.05) is 30.7 Å². The highest BCUT2D eigenvalue weighted by Gasteiger charge is 2.63. The van der Waals surface area contributed by atoms with Gasteiger partial charge < -0.3 is 28.8 Å². The molecule has 11 heteroatoms. The Balaban J connectivity index is 1.35. The maximum absolute atomic E-state index is 14.5. The molecule has 2 aliphatic heterocycles. The molecule has 0 fully saturated rings. The van der Waals surface area contributed by atoms with Crippen molar-refractivity contribution in [3.63, 3.8) is 0 Å². The Morgan fingerprint density at radius 3 is 2.49 bits per heavy atom. The van der Waals surface area contributed by atoms with Crippen LogP contribution in [-0.4, -0.2) is 46.8 Å². The summed E-state index contributed by atoms with van der Waals surface area (Å²) < 4.78 is 24.8. The van der Waals surface area contributed by atoms with E-state index in [-0.39, 0.29) is 46.6 Å². The maximum atomic E-state index is 14.5. The number of hydrogen-bond donors (Lipinski definition) is 1. The van der Waals surface area contributed by atoms with Gasteiger partial charge in [-0.2, -0.15) is 0 Å². The first kappa shape index (κ1) is 26.9. The van der Waals surface area contributed by atoms with Gasteiger partial charge in [0.05, 0.1) is 14.2 Å². The number of rotatable bonds is 6. The van der Waals surface area contributed by atoms with Crippen molar-refractivity contribution >= 4 is 29.1 Å². The number of hydrogen-bond acceptors (Lipinski definition) is 8. The zero-order valence-electron chi connectivity index (χ0n) is 22.9. The van der Waals surface area contributed by atoms with Crippen LogP contribution in [0.2, 0.25) is 5.02 Å². The van der Waals surface area contributed by atoms with Crippen LogP contribution >= 0.6 is 11.6 Å². The summed E-state index contributed by atoms with van der Waals surface area (Å²) in [6, 6.07) is 8.75. The van der Waals surface area contributed by atoms with E-state index in [4.69, 9.17) is 30.5 Å². The molecule has 1 spiro atoms. The Bertz CT molecular complexity index is 1630. The van der Waals surface area contributed by atoms with E-state index < -0.39 is 29.0 Å². The molecule has 0 radical (unpaired) electrons. The van der Waals surface area contributed by atoms with Crippen molar-refractivity contribution in [1.29, 1.82) is 0 Å². The topological polar surface area (TPSA) is 118 Å². The van der Waals surface area contributed by atoms with Gasteiger partial charge in [0.25, 0.3) is 0 Å². The molecule has 0 saturated heterocycles. The highest BCUT2D eigenvalue weighted by atomic mass is 35.5. The number of amides is 1. The van der Waals surface area contributed by atoms with Crippen LogP contribution in [0.5, 0.6) is 23.0 Å². The van der Waals surface area contributed by atoms with Crippen LogP contribution in [-0.2, 0) is 23.2 Å². The third-order valence-corrected chi connectivity index (χ3v) is 8.49. The molecule has 1 amide bonds. The van der Waals surface area contributed by atoms with E-state index in [1.165, 1.54) is 20.3 Å². The summed E-state index contributed by atoms with van der Waals surface area (Å²) in [7, 11) is 4.75. The molecule has 212 valence electrons. The second-order valence-electron chi connectivity index (χ2n) is 10.4. The second-order valence-corrected chi connectivity index (χ2v) is 10.8. The van der Waals surface area contributed by atoms with Gasteiger partial charge in [-0.3, -0.25) is 14.4 Å². The highest BCUT2D eigenvalue weighted by Crippen LogP contribution is 2.55. The minimum Gasteiger partial charge on any atom is -0.496 e. The molecule has 1 aromatic heterocycles. The van der Waals surface area contributed by atoms with Crippen molar-refractivity contribution in [1.82, 2.24) is 14.9 Å². The lowest BCUT2D eigenvalue weighted by atomic mass is 9.66. The molecule has 0 bridgehead atoms. The summed E-state index contributed by atoms with van der Waals surface area (Å²) in [6.45, 7) is 2.05. The first-order chi connectivity index (χ1) is 19.7. The van der Waals surface area contributed by atoms with Gasteiger partial charge in [0.1, 0.15) is 40.3 Å². The lowest BCUT2D eigenvalue weighted by molar-refractivity contribution is -0.131. The van der Waals surface area contributed by atoms with E-state index in [9.17, 15) is 14.4 Å². The van der Waals surface area contributed by atoms with Crippen LogP contribution in [0.1, 0.15) is 47.4 Å². The van der Waals surface area contributed by atoms with Crippen molar-refractivity contribution in [3.05, 3.63) is 76.0 Å². The summed E-state index contributed by atoms with van der Waals surface area (Å²) in [5, 5.41) is 2.96. The van der Waals surface area contributed by atoms with Crippen LogP contribution in [0.3, 0.4) is 0 Å². The Hall–Kier alpha value is -4.31. The molecule has 3 aromatic rings. The number of halogens is 1. The molecular weight excluding hydrogens is 550 g/mol. The Morgan fingerprint density at radius 1 is 1.10 bits per heavy atom. The summed E-state index contributed by atoms with van der Waals surface area (Å²) in [5.41, 5.74) is -0.140. The van der Waals surface area contributed by atoms with Crippen molar-refractivity contribution < 1.29 is 33.3 Å². The van der Waals surface area contributed by atoms with Crippen LogP contribution in [0.15, 0.2) is 54.0 Å². The van der Waals surface area contributed by atoms with E-state index in [1.54, 1.807) is 25.3 Å². The summed E-state index contributed by atoms with van der Waals surface area (Å²) >= 11 is 6.55. The van der Waals surface area contributed by atoms with E-state index in [0.29, 0.717) is 23.6 Å². The van der Waals surface area contributed by atoms with Crippen LogP contribution in [0.4, 0.5) is 0 Å². The van der Waals surface area contributed by atoms with Crippen molar-refractivity contribution in [2.24, 2.45) is 13.0 Å². The molecule has 41 heavy (non-hydrogen) atoms. The number of Topliss-reactive ketones (excluding diaryl/α,β-unsaturated/α-hetero) is 2. The van der Waals surface area contributed by atoms with Crippen LogP contribution < -0.4 is 24.3 Å². The number of carbonyl (C=O) groups is 3. The van der Waals surface area contributed by atoms with E-state index in [2.05, 4.69) is 10.3 Å². The molecule has 1 aliphatic carbocycles. The molecule has 6 rings (SSSR count). The lowest BCUT2D eigenvalue weighted by Gasteiger charge is -2.41. The summed E-state index contributed by atoms with van der Waals surface area (Å²) in [6.07, 6.45) is 3.84. The molecule has 10 nitrogen and oxygen atoms in total. The number of nitrogens with one attached hydrogen (secondary N) is 1. The third kappa shape index (κ3) is 4.08. The number of methoxy groups -OCH3 is 2. The zero-order chi connectivity index (χ0) is 29.1. The number of aromatic nitrogens is 2. The molecule has 3 unspecified atom stereocenters. The van der Waals surface area contributed by atoms with Crippen LogP contribution in [0, 0.1) is 5.92 Å². The molecule has 0 saturated carbocycles. The molecular formula is C30H28ClN3O7. The normalized spacial score (nSPS) is 23.2. The van der Waals surface area contributed by atoms with Crippen LogP contribution in [0.25, 0.3) is 0 Å². The minimum atomic E-state index is -1.85. The average molecular weight is 578 g/mol. The number of fused-ring (bicyclic) bond motifs is 1. The Labute approximate surface area is 241 Å². The number of carbonyl (C=O) groups excluding carboxylic acids is 3. The zero-order valence-corrected chi connectivity index (χ0v) is 23.7. The van der Waals surface area contributed by atoms with Gasteiger partial charge in [-0.15, -0.1) is 0 Å². The average Bonchev–Trinajstić information content (AvgIpc) is 3.52. The first-order valence-corrected chi connectivity index (χ1v) is 13.5. The third-order valence-electron chi connectivity index (χ3n) is 8.13. The molecule has 3 aliphatic rings. The van der Waals surface area contributed by atoms with Crippen molar-refractivity contribution in [2.45, 2.75) is 37.9 Å². The van der Waals surface area contributed by atoms with E-state index >= 15 is 0 Å². The van der Waals surface area contributed by atoms with Gasteiger partial charge in [0, 0.05) is 55.0 Å². The maximum Gasteiger partial charge on any atom is 0.236 e.